The number of hydrogen-bond acceptors (Lipinski definition) is 4. The molecular formula is C16H28N4O2. The van der Waals surface area contributed by atoms with Crippen LogP contribution < -0.4 is 11.1 Å². The third-order valence-electron chi connectivity index (χ3n) is 3.95. The predicted molar refractivity (Wildman–Crippen MR) is 87.8 cm³/mol. The minimum absolute atomic E-state index is 0.144. The van der Waals surface area contributed by atoms with Crippen molar-refractivity contribution in [1.82, 2.24) is 10.2 Å². The first-order chi connectivity index (χ1) is 10.7. The Hall–Kier alpha value is -1.53. The zero-order valence-electron chi connectivity index (χ0n) is 13.6. The van der Waals surface area contributed by atoms with Crippen molar-refractivity contribution in [3.05, 3.63) is 24.2 Å². The summed E-state index contributed by atoms with van der Waals surface area (Å²) in [5.41, 5.74) is 5.97. The summed E-state index contributed by atoms with van der Waals surface area (Å²) in [5, 5.41) is 3.14. The summed E-state index contributed by atoms with van der Waals surface area (Å²) in [6.45, 7) is 5.40. The maximum absolute atomic E-state index is 5.97. The summed E-state index contributed by atoms with van der Waals surface area (Å²) in [7, 11) is 1.68. The van der Waals surface area contributed by atoms with Crippen LogP contribution in [0, 0.1) is 0 Å². The number of hydrogen-bond donors (Lipinski definition) is 2. The van der Waals surface area contributed by atoms with Crippen molar-refractivity contribution in [2.45, 2.75) is 38.3 Å². The van der Waals surface area contributed by atoms with Crippen molar-refractivity contribution in [3.8, 4) is 0 Å². The first kappa shape index (κ1) is 16.8. The number of furan rings is 1. The van der Waals surface area contributed by atoms with E-state index in [-0.39, 0.29) is 12.1 Å². The summed E-state index contributed by atoms with van der Waals surface area (Å²) in [4.78, 5) is 6.95. The quantitative estimate of drug-likeness (QED) is 0.593. The first-order valence-corrected chi connectivity index (χ1v) is 8.03. The maximum atomic E-state index is 5.97. The smallest absolute Gasteiger partial charge is 0.188 e. The zero-order valence-corrected chi connectivity index (χ0v) is 13.6. The van der Waals surface area contributed by atoms with Crippen LogP contribution in [0.15, 0.2) is 27.8 Å². The summed E-state index contributed by atoms with van der Waals surface area (Å²) in [5.74, 6) is 1.42. The maximum Gasteiger partial charge on any atom is 0.188 e. The molecular weight excluding hydrogens is 280 g/mol. The van der Waals surface area contributed by atoms with Crippen LogP contribution in [0.4, 0.5) is 0 Å². The standard InChI is InChI=1S/C16H28N4O2/c1-13(12-21-2)19-16(17)18-11-14(15-7-6-10-22-15)20-8-4-3-5-9-20/h6-7,10,13-14H,3-5,8-9,11-12H2,1-2H3,(H3,17,18,19). The van der Waals surface area contributed by atoms with Gasteiger partial charge < -0.3 is 20.2 Å². The van der Waals surface area contributed by atoms with Crippen molar-refractivity contribution in [2.24, 2.45) is 10.7 Å². The number of nitrogens with one attached hydrogen (secondary N) is 1. The minimum atomic E-state index is 0.144. The molecule has 0 amide bonds. The fourth-order valence-electron chi connectivity index (χ4n) is 2.87. The Labute approximate surface area is 132 Å². The number of methoxy groups -OCH3 is 1. The molecule has 1 aromatic heterocycles. The normalized spacial score (nSPS) is 19.8. The molecule has 1 aliphatic heterocycles. The summed E-state index contributed by atoms with van der Waals surface area (Å²) in [6.07, 6.45) is 5.50. The van der Waals surface area contributed by atoms with Gasteiger partial charge in [0.1, 0.15) is 5.76 Å². The SMILES string of the molecule is COCC(C)NC(N)=NCC(c1ccco1)N1CCCCC1. The van der Waals surface area contributed by atoms with Crippen molar-refractivity contribution in [1.29, 1.82) is 0 Å². The van der Waals surface area contributed by atoms with E-state index in [0.717, 1.165) is 18.8 Å². The van der Waals surface area contributed by atoms with Gasteiger partial charge in [-0.2, -0.15) is 0 Å². The third kappa shape index (κ3) is 5.03. The van der Waals surface area contributed by atoms with Gasteiger partial charge in [0.25, 0.3) is 0 Å². The number of ether oxygens (including phenoxy) is 1. The van der Waals surface area contributed by atoms with Crippen LogP contribution in [0.2, 0.25) is 0 Å². The van der Waals surface area contributed by atoms with Gasteiger partial charge >= 0.3 is 0 Å². The lowest BCUT2D eigenvalue weighted by Gasteiger charge is -2.32. The molecule has 0 aromatic carbocycles. The van der Waals surface area contributed by atoms with Gasteiger partial charge in [0.15, 0.2) is 5.96 Å². The van der Waals surface area contributed by atoms with E-state index >= 15 is 0 Å². The van der Waals surface area contributed by atoms with Crippen molar-refractivity contribution in [3.63, 3.8) is 0 Å². The highest BCUT2D eigenvalue weighted by molar-refractivity contribution is 5.78. The second-order valence-corrected chi connectivity index (χ2v) is 5.85. The minimum Gasteiger partial charge on any atom is -0.468 e. The molecule has 6 heteroatoms. The van der Waals surface area contributed by atoms with Gasteiger partial charge in [0, 0.05) is 13.2 Å². The number of aliphatic imine (C=N–C) groups is 1. The second-order valence-electron chi connectivity index (χ2n) is 5.85. The highest BCUT2D eigenvalue weighted by Crippen LogP contribution is 2.25. The lowest BCUT2D eigenvalue weighted by molar-refractivity contribution is 0.150. The molecule has 1 aromatic rings. The lowest BCUT2D eigenvalue weighted by atomic mass is 10.1. The van der Waals surface area contributed by atoms with Crippen molar-refractivity contribution in [2.75, 3.05) is 33.4 Å². The van der Waals surface area contributed by atoms with Gasteiger partial charge in [0.2, 0.25) is 0 Å². The Bertz CT molecular complexity index is 441. The monoisotopic (exact) mass is 308 g/mol. The second kappa shape index (κ2) is 8.80. The van der Waals surface area contributed by atoms with Crippen LogP contribution in [0.5, 0.6) is 0 Å². The number of piperidine rings is 1. The van der Waals surface area contributed by atoms with Gasteiger partial charge in [-0.15, -0.1) is 0 Å². The van der Waals surface area contributed by atoms with Crippen LogP contribution in [-0.2, 0) is 4.74 Å². The van der Waals surface area contributed by atoms with E-state index in [1.807, 2.05) is 19.1 Å². The van der Waals surface area contributed by atoms with Crippen molar-refractivity contribution >= 4 is 5.96 Å². The van der Waals surface area contributed by atoms with E-state index in [1.54, 1.807) is 13.4 Å². The summed E-state index contributed by atoms with van der Waals surface area (Å²) in [6, 6.07) is 4.25. The van der Waals surface area contributed by atoms with Gasteiger partial charge in [0.05, 0.1) is 25.5 Å². The molecule has 0 radical (unpaired) electrons. The number of nitrogens with zero attached hydrogens (tertiary/aromatic N) is 2. The van der Waals surface area contributed by atoms with Gasteiger partial charge in [-0.1, -0.05) is 6.42 Å². The zero-order chi connectivity index (χ0) is 15.8. The van der Waals surface area contributed by atoms with Crippen LogP contribution in [-0.4, -0.2) is 50.3 Å². The van der Waals surface area contributed by atoms with Gasteiger partial charge in [-0.25, -0.2) is 0 Å². The molecule has 22 heavy (non-hydrogen) atoms. The van der Waals surface area contributed by atoms with E-state index in [0.29, 0.717) is 19.1 Å². The van der Waals surface area contributed by atoms with Crippen LogP contribution in [0.1, 0.15) is 38.0 Å². The number of likely N-dealkylation sites (tertiary alicyclic amines) is 1. The number of guanidine groups is 1. The van der Waals surface area contributed by atoms with E-state index in [1.165, 1.54) is 19.3 Å². The third-order valence-corrected chi connectivity index (χ3v) is 3.95. The Morgan fingerprint density at radius 2 is 2.23 bits per heavy atom. The van der Waals surface area contributed by atoms with E-state index < -0.39 is 0 Å². The molecule has 2 rings (SSSR count). The highest BCUT2D eigenvalue weighted by Gasteiger charge is 2.24. The Morgan fingerprint density at radius 1 is 1.45 bits per heavy atom. The van der Waals surface area contributed by atoms with Crippen LogP contribution in [0.3, 0.4) is 0 Å². The molecule has 1 aliphatic rings. The average molecular weight is 308 g/mol. The van der Waals surface area contributed by atoms with Crippen LogP contribution >= 0.6 is 0 Å². The molecule has 0 bridgehead atoms. The fourth-order valence-corrected chi connectivity index (χ4v) is 2.87. The highest BCUT2D eigenvalue weighted by atomic mass is 16.5. The number of rotatable bonds is 7. The molecule has 124 valence electrons. The Kier molecular flexibility index (Phi) is 6.74. The summed E-state index contributed by atoms with van der Waals surface area (Å²) < 4.78 is 10.7. The summed E-state index contributed by atoms with van der Waals surface area (Å²) >= 11 is 0. The lowest BCUT2D eigenvalue weighted by Crippen LogP contribution is -2.41. The molecule has 2 heterocycles. The molecule has 2 atom stereocenters. The molecule has 0 spiro atoms. The van der Waals surface area contributed by atoms with Gasteiger partial charge in [-0.05, 0) is 45.0 Å². The van der Waals surface area contributed by atoms with E-state index in [4.69, 9.17) is 14.9 Å². The molecule has 3 N–H and O–H groups in total. The molecule has 1 saturated heterocycles. The Morgan fingerprint density at radius 3 is 2.86 bits per heavy atom. The fraction of sp³-hybridized carbons (Fsp3) is 0.688. The molecule has 6 nitrogen and oxygen atoms in total. The van der Waals surface area contributed by atoms with E-state index in [9.17, 15) is 0 Å². The number of nitrogens with two attached hydrogens (primary N) is 1. The topological polar surface area (TPSA) is 76.0 Å². The molecule has 0 saturated carbocycles. The van der Waals surface area contributed by atoms with E-state index in [2.05, 4.69) is 15.2 Å². The average Bonchev–Trinajstić information content (AvgIpc) is 3.03. The van der Waals surface area contributed by atoms with Crippen LogP contribution in [0.25, 0.3) is 0 Å². The predicted octanol–water partition coefficient (Wildman–Crippen LogP) is 1.75. The largest absolute Gasteiger partial charge is 0.468 e. The molecule has 2 unspecified atom stereocenters. The van der Waals surface area contributed by atoms with Gasteiger partial charge in [-0.3, -0.25) is 9.89 Å². The van der Waals surface area contributed by atoms with Crippen molar-refractivity contribution < 1.29 is 9.15 Å². The molecule has 0 aliphatic carbocycles. The first-order valence-electron chi connectivity index (χ1n) is 8.03. The molecule has 1 fully saturated rings. The Balaban J connectivity index is 1.97.